The molecule has 0 radical (unpaired) electrons. The fourth-order valence-electron chi connectivity index (χ4n) is 1.65. The van der Waals surface area contributed by atoms with Gasteiger partial charge in [-0.05, 0) is 19.1 Å². The van der Waals surface area contributed by atoms with Crippen LogP contribution >= 0.6 is 0 Å². The summed E-state index contributed by atoms with van der Waals surface area (Å²) < 4.78 is 67.9. The molecule has 0 saturated heterocycles. The number of fused-ring (bicyclic) bond motifs is 1. The van der Waals surface area contributed by atoms with E-state index >= 15 is 0 Å². The number of hydrogen-bond donors (Lipinski definition) is 0. The van der Waals surface area contributed by atoms with Crippen LogP contribution in [0.25, 0.3) is 0 Å². The van der Waals surface area contributed by atoms with Crippen molar-refractivity contribution >= 4 is 10.1 Å². The molecular weight excluding hydrogens is 273 g/mol. The number of benzene rings is 1. The van der Waals surface area contributed by atoms with Gasteiger partial charge < -0.3 is 8.92 Å². The van der Waals surface area contributed by atoms with E-state index in [1.54, 1.807) is 13.0 Å². The Morgan fingerprint density at radius 1 is 1.39 bits per heavy atom. The van der Waals surface area contributed by atoms with Gasteiger partial charge in [-0.2, -0.15) is 21.6 Å². The molecule has 1 atom stereocenters. The van der Waals surface area contributed by atoms with Crippen LogP contribution in [0.2, 0.25) is 0 Å². The number of halogens is 3. The first-order valence-electron chi connectivity index (χ1n) is 5.00. The molecule has 1 aromatic rings. The summed E-state index contributed by atoms with van der Waals surface area (Å²) in [7, 11) is -5.65. The third-order valence-corrected chi connectivity index (χ3v) is 3.36. The lowest BCUT2D eigenvalue weighted by Crippen LogP contribution is -2.28. The number of ether oxygens (including phenoxy) is 1. The molecule has 0 saturated carbocycles. The van der Waals surface area contributed by atoms with E-state index in [4.69, 9.17) is 4.74 Å². The van der Waals surface area contributed by atoms with Gasteiger partial charge in [-0.15, -0.1) is 0 Å². The van der Waals surface area contributed by atoms with Crippen LogP contribution in [0.3, 0.4) is 0 Å². The summed E-state index contributed by atoms with van der Waals surface area (Å²) in [6.07, 6.45) is 0.0807. The number of alkyl halides is 3. The summed E-state index contributed by atoms with van der Waals surface area (Å²) in [6, 6.07) is 4.09. The van der Waals surface area contributed by atoms with Crippen LogP contribution in [0.5, 0.6) is 11.5 Å². The molecule has 8 heteroatoms. The molecular formula is C10H9F3O4S. The first kappa shape index (κ1) is 13.0. The average Bonchev–Trinajstić information content (AvgIpc) is 2.57. The first-order valence-corrected chi connectivity index (χ1v) is 6.41. The van der Waals surface area contributed by atoms with Gasteiger partial charge in [0.15, 0.2) is 0 Å². The normalized spacial score (nSPS) is 19.2. The Balaban J connectivity index is 2.36. The molecule has 0 aromatic heterocycles. The van der Waals surface area contributed by atoms with Gasteiger partial charge >= 0.3 is 15.6 Å². The fourth-order valence-corrected chi connectivity index (χ4v) is 2.13. The van der Waals surface area contributed by atoms with Crippen LogP contribution < -0.4 is 8.92 Å². The topological polar surface area (TPSA) is 52.6 Å². The van der Waals surface area contributed by atoms with Crippen molar-refractivity contribution in [3.05, 3.63) is 23.8 Å². The van der Waals surface area contributed by atoms with Gasteiger partial charge in [0.2, 0.25) is 0 Å². The van der Waals surface area contributed by atoms with Crippen LogP contribution in [0, 0.1) is 0 Å². The zero-order chi connectivity index (χ0) is 13.6. The highest BCUT2D eigenvalue weighted by Gasteiger charge is 2.49. The van der Waals surface area contributed by atoms with E-state index in [1.165, 1.54) is 12.1 Å². The minimum absolute atomic E-state index is 0.224. The predicted octanol–water partition coefficient (Wildman–Crippen LogP) is 2.24. The van der Waals surface area contributed by atoms with Crippen molar-refractivity contribution in [2.75, 3.05) is 0 Å². The van der Waals surface area contributed by atoms with Gasteiger partial charge in [0.25, 0.3) is 0 Å². The highest BCUT2D eigenvalue weighted by atomic mass is 32.2. The van der Waals surface area contributed by atoms with Crippen molar-refractivity contribution in [3.63, 3.8) is 0 Å². The first-order chi connectivity index (χ1) is 8.21. The Kier molecular flexibility index (Phi) is 2.92. The Labute approximate surface area is 101 Å². The SMILES string of the molecule is CC1Cc2c(cccc2OS(=O)(=O)C(F)(F)F)O1. The van der Waals surface area contributed by atoms with E-state index < -0.39 is 15.6 Å². The molecule has 0 amide bonds. The molecule has 1 aliphatic heterocycles. The summed E-state index contributed by atoms with van der Waals surface area (Å²) >= 11 is 0. The number of hydrogen-bond acceptors (Lipinski definition) is 4. The van der Waals surface area contributed by atoms with E-state index in [-0.39, 0.29) is 11.9 Å². The molecule has 0 fully saturated rings. The molecule has 18 heavy (non-hydrogen) atoms. The second kappa shape index (κ2) is 4.04. The van der Waals surface area contributed by atoms with Gasteiger partial charge in [-0.3, -0.25) is 0 Å². The Morgan fingerprint density at radius 3 is 2.67 bits per heavy atom. The van der Waals surface area contributed by atoms with Gasteiger partial charge in [0.05, 0.1) is 0 Å². The second-order valence-corrected chi connectivity index (χ2v) is 5.39. The van der Waals surface area contributed by atoms with Gasteiger partial charge in [0, 0.05) is 12.0 Å². The average molecular weight is 282 g/mol. The van der Waals surface area contributed by atoms with E-state index in [0.717, 1.165) is 0 Å². The van der Waals surface area contributed by atoms with Crippen molar-refractivity contribution in [1.82, 2.24) is 0 Å². The predicted molar refractivity (Wildman–Crippen MR) is 55.8 cm³/mol. The molecule has 100 valence electrons. The van der Waals surface area contributed by atoms with Crippen molar-refractivity contribution < 1.29 is 30.5 Å². The zero-order valence-electron chi connectivity index (χ0n) is 9.19. The maximum Gasteiger partial charge on any atom is 0.534 e. The van der Waals surface area contributed by atoms with Crippen LogP contribution in [0.4, 0.5) is 13.2 Å². The molecule has 0 bridgehead atoms. The molecule has 2 rings (SSSR count). The van der Waals surface area contributed by atoms with E-state index in [2.05, 4.69) is 4.18 Å². The van der Waals surface area contributed by atoms with Crippen molar-refractivity contribution in [1.29, 1.82) is 0 Å². The maximum absolute atomic E-state index is 12.2. The van der Waals surface area contributed by atoms with Crippen LogP contribution in [0.15, 0.2) is 18.2 Å². The minimum atomic E-state index is -5.65. The van der Waals surface area contributed by atoms with Crippen LogP contribution in [-0.4, -0.2) is 20.0 Å². The molecule has 1 heterocycles. The van der Waals surface area contributed by atoms with Gasteiger partial charge in [0.1, 0.15) is 17.6 Å². The lowest BCUT2D eigenvalue weighted by atomic mass is 10.1. The summed E-state index contributed by atoms with van der Waals surface area (Å²) in [5.41, 5.74) is -5.11. The fraction of sp³-hybridized carbons (Fsp3) is 0.400. The van der Waals surface area contributed by atoms with Crippen molar-refractivity contribution in [2.24, 2.45) is 0 Å². The second-order valence-electron chi connectivity index (χ2n) is 3.85. The molecule has 1 aliphatic rings. The van der Waals surface area contributed by atoms with E-state index in [1.807, 2.05) is 0 Å². The molecule has 0 N–H and O–H groups in total. The minimum Gasteiger partial charge on any atom is -0.490 e. The van der Waals surface area contributed by atoms with E-state index in [0.29, 0.717) is 17.7 Å². The zero-order valence-corrected chi connectivity index (χ0v) is 10.0. The molecule has 0 spiro atoms. The van der Waals surface area contributed by atoms with Crippen molar-refractivity contribution in [3.8, 4) is 11.5 Å². The van der Waals surface area contributed by atoms with E-state index in [9.17, 15) is 21.6 Å². The summed E-state index contributed by atoms with van der Waals surface area (Å²) in [6.45, 7) is 1.72. The van der Waals surface area contributed by atoms with Crippen molar-refractivity contribution in [2.45, 2.75) is 25.0 Å². The summed E-state index contributed by atoms with van der Waals surface area (Å²) in [5, 5.41) is 0. The summed E-state index contributed by atoms with van der Waals surface area (Å²) in [4.78, 5) is 0. The highest BCUT2D eigenvalue weighted by molar-refractivity contribution is 7.88. The molecule has 0 aliphatic carbocycles. The monoisotopic (exact) mass is 282 g/mol. The third-order valence-electron chi connectivity index (χ3n) is 2.39. The number of rotatable bonds is 2. The smallest absolute Gasteiger partial charge is 0.490 e. The van der Waals surface area contributed by atoms with Crippen LogP contribution in [-0.2, 0) is 16.5 Å². The third kappa shape index (κ3) is 2.24. The quantitative estimate of drug-likeness (QED) is 0.616. The van der Waals surface area contributed by atoms with Crippen LogP contribution in [0.1, 0.15) is 12.5 Å². The standard InChI is InChI=1S/C10H9F3O4S/c1-6-5-7-8(16-6)3-2-4-9(7)17-18(14,15)10(11,12)13/h2-4,6H,5H2,1H3. The molecule has 1 unspecified atom stereocenters. The Bertz CT molecular complexity index is 565. The largest absolute Gasteiger partial charge is 0.534 e. The maximum atomic E-state index is 12.2. The Morgan fingerprint density at radius 2 is 2.06 bits per heavy atom. The summed E-state index contributed by atoms with van der Waals surface area (Å²) in [5.74, 6) is 0.00606. The highest BCUT2D eigenvalue weighted by Crippen LogP contribution is 2.38. The lowest BCUT2D eigenvalue weighted by Gasteiger charge is -2.11. The Hall–Kier alpha value is -1.44. The van der Waals surface area contributed by atoms with Gasteiger partial charge in [-0.1, -0.05) is 6.07 Å². The molecule has 4 nitrogen and oxygen atoms in total. The lowest BCUT2D eigenvalue weighted by molar-refractivity contribution is -0.0500. The molecule has 1 aromatic carbocycles. The van der Waals surface area contributed by atoms with Gasteiger partial charge in [-0.25, -0.2) is 0 Å².